The van der Waals surface area contributed by atoms with Crippen molar-refractivity contribution in [1.29, 1.82) is 0 Å². The molecule has 1 aliphatic rings. The molecule has 0 bridgehead atoms. The number of nitrogens with two attached hydrogens (primary N) is 1. The molecule has 30 heavy (non-hydrogen) atoms. The first kappa shape index (κ1) is 20.0. The highest BCUT2D eigenvalue weighted by molar-refractivity contribution is 5.69. The highest BCUT2D eigenvalue weighted by Gasteiger charge is 2.20. The van der Waals surface area contributed by atoms with Crippen LogP contribution in [0.3, 0.4) is 0 Å². The van der Waals surface area contributed by atoms with Gasteiger partial charge in [0, 0.05) is 47.8 Å². The van der Waals surface area contributed by atoms with Crippen molar-refractivity contribution >= 4 is 28.7 Å². The van der Waals surface area contributed by atoms with Crippen LogP contribution in [0.25, 0.3) is 5.65 Å². The summed E-state index contributed by atoms with van der Waals surface area (Å²) in [5.41, 5.74) is 10.9. The molecule has 0 radical (unpaired) electrons. The topological polar surface area (TPSA) is 83.5 Å². The van der Waals surface area contributed by atoms with Crippen molar-refractivity contribution in [3.63, 3.8) is 0 Å². The Morgan fingerprint density at radius 1 is 1.33 bits per heavy atom. The summed E-state index contributed by atoms with van der Waals surface area (Å²) in [7, 11) is 0. The van der Waals surface area contributed by atoms with Gasteiger partial charge in [-0.3, -0.25) is 0 Å². The molecule has 1 fully saturated rings. The molecule has 1 aliphatic heterocycles. The molecule has 3 heterocycles. The zero-order chi connectivity index (χ0) is 21.1. The molecule has 156 valence electrons. The zero-order valence-electron chi connectivity index (χ0n) is 17.4. The fourth-order valence-electron chi connectivity index (χ4n) is 3.77. The van der Waals surface area contributed by atoms with Crippen LogP contribution in [0.4, 0.5) is 23.0 Å². The van der Waals surface area contributed by atoms with Crippen LogP contribution in [0.1, 0.15) is 25.3 Å². The van der Waals surface area contributed by atoms with Gasteiger partial charge in [-0.1, -0.05) is 26.1 Å². The third-order valence-corrected chi connectivity index (χ3v) is 5.38. The monoisotopic (exact) mass is 403 g/mol. The van der Waals surface area contributed by atoms with Crippen molar-refractivity contribution in [3.05, 3.63) is 67.0 Å². The van der Waals surface area contributed by atoms with Gasteiger partial charge in [0.25, 0.3) is 0 Å². The molecule has 0 spiro atoms. The van der Waals surface area contributed by atoms with E-state index in [0.717, 1.165) is 72.3 Å². The Morgan fingerprint density at radius 3 is 2.93 bits per heavy atom. The van der Waals surface area contributed by atoms with Crippen molar-refractivity contribution in [1.82, 2.24) is 14.6 Å². The summed E-state index contributed by atoms with van der Waals surface area (Å²) < 4.78 is 1.87. The Balaban J connectivity index is 1.71. The third-order valence-electron chi connectivity index (χ3n) is 5.38. The van der Waals surface area contributed by atoms with Crippen LogP contribution in [0.15, 0.2) is 61.5 Å². The quantitative estimate of drug-likeness (QED) is 0.516. The smallest absolute Gasteiger partial charge is 0.162 e. The van der Waals surface area contributed by atoms with E-state index >= 15 is 0 Å². The number of piperidine rings is 1. The molecule has 0 aliphatic carbocycles. The summed E-state index contributed by atoms with van der Waals surface area (Å²) in [6, 6.07) is 10.3. The van der Waals surface area contributed by atoms with Crippen molar-refractivity contribution in [3.8, 4) is 0 Å². The van der Waals surface area contributed by atoms with Crippen LogP contribution in [0.2, 0.25) is 0 Å². The van der Waals surface area contributed by atoms with Gasteiger partial charge in [-0.05, 0) is 43.5 Å². The van der Waals surface area contributed by atoms with E-state index in [1.165, 1.54) is 0 Å². The number of aromatic nitrogens is 3. The third kappa shape index (κ3) is 4.16. The Hall–Kier alpha value is -3.32. The molecule has 0 amide bonds. The highest BCUT2D eigenvalue weighted by atomic mass is 15.3. The lowest BCUT2D eigenvalue weighted by molar-refractivity contribution is 0.503. The Bertz CT molecular complexity index is 1070. The number of allylic oxidation sites excluding steroid dienone is 1. The molecule has 1 atom stereocenters. The molecule has 1 unspecified atom stereocenters. The first-order valence-electron chi connectivity index (χ1n) is 10.4. The average Bonchev–Trinajstić information content (AvgIpc) is 3.17. The molecule has 2 aromatic heterocycles. The van der Waals surface area contributed by atoms with Gasteiger partial charge in [-0.25, -0.2) is 4.98 Å². The van der Waals surface area contributed by atoms with E-state index in [-0.39, 0.29) is 6.04 Å². The first-order chi connectivity index (χ1) is 14.6. The fourth-order valence-corrected chi connectivity index (χ4v) is 3.77. The molecule has 3 aromatic rings. The molecule has 4 N–H and O–H groups in total. The van der Waals surface area contributed by atoms with E-state index in [1.807, 2.05) is 35.0 Å². The second-order valence-corrected chi connectivity index (χ2v) is 7.67. The van der Waals surface area contributed by atoms with Crippen LogP contribution in [-0.4, -0.2) is 33.7 Å². The van der Waals surface area contributed by atoms with Gasteiger partial charge in [0.1, 0.15) is 11.6 Å². The van der Waals surface area contributed by atoms with E-state index in [9.17, 15) is 0 Å². The number of nitrogens with one attached hydrogen (secondary N) is 2. The Kier molecular flexibility index (Phi) is 5.72. The summed E-state index contributed by atoms with van der Waals surface area (Å²) in [6.07, 6.45) is 6.61. The Labute approximate surface area is 177 Å². The van der Waals surface area contributed by atoms with Crippen LogP contribution in [0.5, 0.6) is 0 Å². The van der Waals surface area contributed by atoms with Crippen LogP contribution in [0, 0.1) is 0 Å². The van der Waals surface area contributed by atoms with E-state index in [1.54, 1.807) is 6.08 Å². The van der Waals surface area contributed by atoms with E-state index in [2.05, 4.69) is 46.8 Å². The highest BCUT2D eigenvalue weighted by Crippen LogP contribution is 2.27. The van der Waals surface area contributed by atoms with E-state index in [0.29, 0.717) is 0 Å². The van der Waals surface area contributed by atoms with Crippen molar-refractivity contribution in [2.45, 2.75) is 32.2 Å². The van der Waals surface area contributed by atoms with Crippen LogP contribution < -0.4 is 21.3 Å². The summed E-state index contributed by atoms with van der Waals surface area (Å²) in [5, 5.41) is 11.3. The first-order valence-corrected chi connectivity index (χ1v) is 10.4. The number of nitrogens with zero attached hydrogens (tertiary/aromatic N) is 4. The molecule has 1 saturated heterocycles. The minimum Gasteiger partial charge on any atom is -0.356 e. The number of benzene rings is 1. The van der Waals surface area contributed by atoms with Crippen molar-refractivity contribution < 1.29 is 0 Å². The lowest BCUT2D eigenvalue weighted by atomic mass is 10.1. The molecule has 7 nitrogen and oxygen atoms in total. The van der Waals surface area contributed by atoms with E-state index in [4.69, 9.17) is 10.7 Å². The molecule has 1 aromatic carbocycles. The zero-order valence-corrected chi connectivity index (χ0v) is 17.4. The van der Waals surface area contributed by atoms with Gasteiger partial charge in [-0.15, -0.1) is 0 Å². The maximum Gasteiger partial charge on any atom is 0.162 e. The number of fused-ring (bicyclic) bond motifs is 1. The summed E-state index contributed by atoms with van der Waals surface area (Å²) >= 11 is 0. The van der Waals surface area contributed by atoms with Gasteiger partial charge < -0.3 is 21.3 Å². The fraction of sp³-hybridized carbons (Fsp3) is 0.304. The van der Waals surface area contributed by atoms with Gasteiger partial charge in [-0.2, -0.15) is 9.61 Å². The minimum atomic E-state index is 0.185. The average molecular weight is 404 g/mol. The molecular weight excluding hydrogens is 374 g/mol. The number of anilines is 4. The lowest BCUT2D eigenvalue weighted by Crippen LogP contribution is -2.43. The predicted octanol–water partition coefficient (Wildman–Crippen LogP) is 4.07. The number of rotatable bonds is 7. The summed E-state index contributed by atoms with van der Waals surface area (Å²) in [5.74, 6) is 1.80. The largest absolute Gasteiger partial charge is 0.356 e. The number of hydrogen-bond acceptors (Lipinski definition) is 6. The SMILES string of the molecule is C=CC(=C)Nc1cccc(Nc2cc(N3CCCC(N)C3)nc3c(CC)cnn23)c1. The van der Waals surface area contributed by atoms with Gasteiger partial charge in [0.2, 0.25) is 0 Å². The van der Waals surface area contributed by atoms with Crippen LogP contribution >= 0.6 is 0 Å². The second kappa shape index (κ2) is 8.59. The van der Waals surface area contributed by atoms with Crippen LogP contribution in [-0.2, 0) is 6.42 Å². The number of aryl methyl sites for hydroxylation is 1. The second-order valence-electron chi connectivity index (χ2n) is 7.67. The number of hydrogen-bond donors (Lipinski definition) is 3. The molecule has 0 saturated carbocycles. The minimum absolute atomic E-state index is 0.185. The molecule has 4 rings (SSSR count). The summed E-state index contributed by atoms with van der Waals surface area (Å²) in [4.78, 5) is 7.21. The molecular formula is C23H29N7. The van der Waals surface area contributed by atoms with E-state index < -0.39 is 0 Å². The predicted molar refractivity (Wildman–Crippen MR) is 124 cm³/mol. The molecule has 7 heteroatoms. The maximum absolute atomic E-state index is 6.22. The normalized spacial score (nSPS) is 16.5. The summed E-state index contributed by atoms with van der Waals surface area (Å²) in [6.45, 7) is 11.6. The van der Waals surface area contributed by atoms with Gasteiger partial charge in [0.05, 0.1) is 6.20 Å². The van der Waals surface area contributed by atoms with Crippen molar-refractivity contribution in [2.75, 3.05) is 28.6 Å². The van der Waals surface area contributed by atoms with Gasteiger partial charge >= 0.3 is 0 Å². The van der Waals surface area contributed by atoms with Gasteiger partial charge in [0.15, 0.2) is 5.65 Å². The standard InChI is InChI=1S/C23H29N7/c1-4-16(3)26-19-9-6-10-20(12-19)27-22-13-21(29-11-7-8-18(24)15-29)28-23-17(5-2)14-25-30(22)23/h4,6,9-10,12-14,18,26-27H,1,3,5,7-8,11,15,24H2,2H3. The van der Waals surface area contributed by atoms with Crippen molar-refractivity contribution in [2.24, 2.45) is 5.73 Å². The lowest BCUT2D eigenvalue weighted by Gasteiger charge is -2.32. The Morgan fingerprint density at radius 2 is 2.17 bits per heavy atom. The maximum atomic E-state index is 6.22.